The highest BCUT2D eigenvalue weighted by Crippen LogP contribution is 2.46. The quantitative estimate of drug-likeness (QED) is 0.382. The monoisotopic (exact) mass is 745 g/mol. The Bertz CT molecular complexity index is 1740. The second kappa shape index (κ2) is 14.7. The van der Waals surface area contributed by atoms with Crippen molar-refractivity contribution in [3.05, 3.63) is 47.3 Å². The van der Waals surface area contributed by atoms with E-state index in [-0.39, 0.29) is 44.7 Å². The molecule has 0 unspecified atom stereocenters. The van der Waals surface area contributed by atoms with E-state index >= 15 is 0 Å². The molecule has 6 rings (SSSR count). The lowest BCUT2D eigenvalue weighted by Gasteiger charge is -2.30. The van der Waals surface area contributed by atoms with Gasteiger partial charge in [-0.2, -0.15) is 0 Å². The van der Waals surface area contributed by atoms with Crippen LogP contribution in [0.15, 0.2) is 30.4 Å². The highest BCUT2D eigenvalue weighted by Gasteiger charge is 2.62. The zero-order chi connectivity index (χ0) is 37.4. The Kier molecular flexibility index (Phi) is 10.6. The van der Waals surface area contributed by atoms with Gasteiger partial charge in [-0.25, -0.2) is 22.4 Å². The summed E-state index contributed by atoms with van der Waals surface area (Å²) in [5.41, 5.74) is -1.18. The summed E-state index contributed by atoms with van der Waals surface area (Å²) in [5.74, 6) is -2.94. The third-order valence-corrected chi connectivity index (χ3v) is 12.1. The van der Waals surface area contributed by atoms with Crippen LogP contribution in [0.5, 0.6) is 0 Å². The van der Waals surface area contributed by atoms with E-state index in [2.05, 4.69) is 15.4 Å². The summed E-state index contributed by atoms with van der Waals surface area (Å²) in [7, 11) is -3.92. The van der Waals surface area contributed by atoms with Gasteiger partial charge in [0.2, 0.25) is 21.8 Å². The van der Waals surface area contributed by atoms with Crippen LogP contribution < -0.4 is 15.4 Å². The summed E-state index contributed by atoms with van der Waals surface area (Å²) < 4.78 is 53.3. The molecular weight excluding hydrogens is 697 g/mol. The SMILES string of the molecule is CC(C)(C)OC(=O)N[C@@H]1CCCCCC=C[C@@H]2C[C@@]2(C(=O)NS(=O)(=O)C2CC2)NC(=O)[C@@H]2C[C@@H](OC(=O)N3CCc4c(F)cccc4C3)CN2C1=O. The molecule has 1 saturated heterocycles. The molecular formula is C36H48FN5O9S. The Morgan fingerprint density at radius 2 is 1.85 bits per heavy atom. The van der Waals surface area contributed by atoms with Crippen LogP contribution in [0, 0.1) is 11.7 Å². The molecule has 1 aromatic carbocycles. The van der Waals surface area contributed by atoms with E-state index in [9.17, 15) is 36.8 Å². The number of nitrogens with one attached hydrogen (secondary N) is 3. The number of sulfonamides is 1. The van der Waals surface area contributed by atoms with Gasteiger partial charge in [0.1, 0.15) is 35.1 Å². The highest BCUT2D eigenvalue weighted by molar-refractivity contribution is 7.91. The minimum atomic E-state index is -3.92. The fourth-order valence-corrected chi connectivity index (χ4v) is 8.60. The number of benzene rings is 1. The van der Waals surface area contributed by atoms with Gasteiger partial charge in [-0.1, -0.05) is 37.1 Å². The molecule has 3 aliphatic heterocycles. The van der Waals surface area contributed by atoms with E-state index in [4.69, 9.17) is 9.47 Å². The third kappa shape index (κ3) is 8.53. The van der Waals surface area contributed by atoms with E-state index in [1.54, 1.807) is 32.9 Å². The number of alkyl carbamates (subject to hydrolysis) is 1. The summed E-state index contributed by atoms with van der Waals surface area (Å²) >= 11 is 0. The molecule has 0 bridgehead atoms. The second-order valence-corrected chi connectivity index (χ2v) is 17.5. The first kappa shape index (κ1) is 37.5. The molecule has 16 heteroatoms. The molecule has 3 N–H and O–H groups in total. The Morgan fingerprint density at radius 3 is 2.58 bits per heavy atom. The lowest BCUT2D eigenvalue weighted by atomic mass is 9.99. The van der Waals surface area contributed by atoms with Crippen LogP contribution in [0.25, 0.3) is 0 Å². The number of ether oxygens (including phenoxy) is 2. The van der Waals surface area contributed by atoms with Crippen LogP contribution in [0.2, 0.25) is 0 Å². The van der Waals surface area contributed by atoms with Crippen molar-refractivity contribution in [2.75, 3.05) is 13.1 Å². The summed E-state index contributed by atoms with van der Waals surface area (Å²) in [6.07, 6.45) is 5.55. The Balaban J connectivity index is 1.25. The topological polar surface area (TPSA) is 181 Å². The normalized spacial score (nSPS) is 28.2. The number of hydrogen-bond donors (Lipinski definition) is 3. The number of nitrogens with zero attached hydrogens (tertiary/aromatic N) is 2. The van der Waals surface area contributed by atoms with Crippen molar-refractivity contribution in [2.24, 2.45) is 5.92 Å². The predicted molar refractivity (Wildman–Crippen MR) is 185 cm³/mol. The Labute approximate surface area is 303 Å². The van der Waals surface area contributed by atoms with Gasteiger partial charge < -0.3 is 29.9 Å². The Morgan fingerprint density at radius 1 is 1.08 bits per heavy atom. The van der Waals surface area contributed by atoms with Gasteiger partial charge in [0.25, 0.3) is 5.91 Å². The summed E-state index contributed by atoms with van der Waals surface area (Å²) in [4.78, 5) is 71.1. The first-order chi connectivity index (χ1) is 24.6. The van der Waals surface area contributed by atoms with Gasteiger partial charge in [-0.05, 0) is 82.9 Å². The van der Waals surface area contributed by atoms with Gasteiger partial charge in [0.15, 0.2) is 0 Å². The molecule has 5 aliphatic rings. The molecule has 2 saturated carbocycles. The summed E-state index contributed by atoms with van der Waals surface area (Å²) in [6.45, 7) is 5.26. The zero-order valence-corrected chi connectivity index (χ0v) is 30.6. The van der Waals surface area contributed by atoms with Crippen molar-refractivity contribution in [1.82, 2.24) is 25.2 Å². The number of fused-ring (bicyclic) bond motifs is 3. The van der Waals surface area contributed by atoms with Crippen molar-refractivity contribution in [3.8, 4) is 0 Å². The number of allylic oxidation sites excluding steroid dienone is 1. The van der Waals surface area contributed by atoms with E-state index in [1.165, 1.54) is 15.9 Å². The van der Waals surface area contributed by atoms with Crippen LogP contribution in [0.4, 0.5) is 14.0 Å². The zero-order valence-electron chi connectivity index (χ0n) is 29.8. The van der Waals surface area contributed by atoms with Gasteiger partial charge in [-0.15, -0.1) is 0 Å². The van der Waals surface area contributed by atoms with Gasteiger partial charge in [0, 0.05) is 25.4 Å². The number of rotatable bonds is 5. The van der Waals surface area contributed by atoms with Crippen molar-refractivity contribution in [3.63, 3.8) is 0 Å². The van der Waals surface area contributed by atoms with Crippen LogP contribution in [0.1, 0.15) is 89.7 Å². The summed E-state index contributed by atoms with van der Waals surface area (Å²) in [6, 6.07) is 2.41. The predicted octanol–water partition coefficient (Wildman–Crippen LogP) is 3.19. The molecule has 5 amide bonds. The fourth-order valence-electron chi connectivity index (χ4n) is 7.23. The number of amides is 5. The van der Waals surface area contributed by atoms with Crippen LogP contribution in [0.3, 0.4) is 0 Å². The molecule has 52 heavy (non-hydrogen) atoms. The lowest BCUT2D eigenvalue weighted by Crippen LogP contribution is -2.58. The molecule has 14 nitrogen and oxygen atoms in total. The van der Waals surface area contributed by atoms with E-state index in [0.717, 1.165) is 12.8 Å². The highest BCUT2D eigenvalue weighted by atomic mass is 32.2. The molecule has 3 fully saturated rings. The smallest absolute Gasteiger partial charge is 0.410 e. The molecule has 0 aromatic heterocycles. The first-order valence-corrected chi connectivity index (χ1v) is 19.7. The van der Waals surface area contributed by atoms with Gasteiger partial charge in [-0.3, -0.25) is 19.1 Å². The van der Waals surface area contributed by atoms with Crippen molar-refractivity contribution in [1.29, 1.82) is 0 Å². The van der Waals surface area contributed by atoms with Crippen molar-refractivity contribution >= 4 is 39.9 Å². The van der Waals surface area contributed by atoms with Crippen LogP contribution in [-0.2, 0) is 46.8 Å². The van der Waals surface area contributed by atoms with E-state index in [1.807, 2.05) is 12.2 Å². The number of carbonyl (C=O) groups excluding carboxylic acids is 5. The average Bonchev–Trinajstić information content (AvgIpc) is 3.99. The largest absolute Gasteiger partial charge is 0.444 e. The fraction of sp³-hybridized carbons (Fsp3) is 0.639. The minimum Gasteiger partial charge on any atom is -0.444 e. The minimum absolute atomic E-state index is 0.111. The molecule has 3 heterocycles. The average molecular weight is 746 g/mol. The maximum Gasteiger partial charge on any atom is 0.410 e. The van der Waals surface area contributed by atoms with E-state index in [0.29, 0.717) is 43.2 Å². The second-order valence-electron chi connectivity index (χ2n) is 15.5. The first-order valence-electron chi connectivity index (χ1n) is 18.1. The molecule has 0 radical (unpaired) electrons. The molecule has 284 valence electrons. The van der Waals surface area contributed by atoms with Crippen LogP contribution >= 0.6 is 0 Å². The number of halogens is 1. The van der Waals surface area contributed by atoms with Crippen LogP contribution in [-0.4, -0.2) is 95.8 Å². The standard InChI is InChI=1S/C36H48FN5O9S/c1-35(2,3)51-33(46)38-28-13-8-6-4-5-7-11-23-19-36(23,32(45)40-52(48,49)25-14-15-25)39-30(43)29-18-24(21-42(29)31(28)44)50-34(47)41-17-16-26-22(20-41)10-9-12-27(26)37/h7,9-12,23-25,28-29H,4-6,8,13-21H2,1-3H3,(H,38,46)(H,39,43)(H,40,45)/t23-,24-,28-,29+,36-/m1/s1. The van der Waals surface area contributed by atoms with Crippen molar-refractivity contribution in [2.45, 2.75) is 126 Å². The van der Waals surface area contributed by atoms with E-state index < -0.39 is 80.4 Å². The lowest BCUT2D eigenvalue weighted by molar-refractivity contribution is -0.141. The van der Waals surface area contributed by atoms with Crippen molar-refractivity contribution < 1.29 is 46.3 Å². The number of carbonyl (C=O) groups is 5. The maximum atomic E-state index is 14.3. The maximum absolute atomic E-state index is 14.3. The summed E-state index contributed by atoms with van der Waals surface area (Å²) in [5, 5.41) is 4.81. The molecule has 1 aromatic rings. The molecule has 2 aliphatic carbocycles. The van der Waals surface area contributed by atoms with Gasteiger partial charge >= 0.3 is 12.2 Å². The third-order valence-electron chi connectivity index (χ3n) is 10.3. The Hall–Kier alpha value is -4.21. The van der Waals surface area contributed by atoms with Gasteiger partial charge in [0.05, 0.1) is 11.8 Å². The molecule has 0 spiro atoms. The molecule has 5 atom stereocenters. The number of hydrogen-bond acceptors (Lipinski definition) is 9.